The molecule has 4 nitrogen and oxygen atoms in total. The van der Waals surface area contributed by atoms with Gasteiger partial charge < -0.3 is 19.5 Å². The van der Waals surface area contributed by atoms with E-state index in [0.29, 0.717) is 13.2 Å². The summed E-state index contributed by atoms with van der Waals surface area (Å²) in [4.78, 5) is 0. The zero-order chi connectivity index (χ0) is 15.0. The second kappa shape index (κ2) is 8.82. The molecular formula is C16H27NO3. The fraction of sp³-hybridized carbons (Fsp3) is 0.625. The minimum Gasteiger partial charge on any atom is -0.490 e. The number of hydrogen-bond donors (Lipinski definition) is 1. The molecule has 4 heteroatoms. The normalized spacial score (nSPS) is 13.8. The van der Waals surface area contributed by atoms with Crippen LogP contribution in [-0.2, 0) is 4.74 Å². The van der Waals surface area contributed by atoms with Crippen molar-refractivity contribution < 1.29 is 14.2 Å². The largest absolute Gasteiger partial charge is 0.490 e. The lowest BCUT2D eigenvalue weighted by atomic mass is 9.99. The molecule has 0 amide bonds. The maximum absolute atomic E-state index is 5.68. The van der Waals surface area contributed by atoms with E-state index in [2.05, 4.69) is 18.3 Å². The minimum atomic E-state index is 0.132. The van der Waals surface area contributed by atoms with Crippen LogP contribution in [-0.4, -0.2) is 33.5 Å². The molecule has 114 valence electrons. The Bertz CT molecular complexity index is 391. The van der Waals surface area contributed by atoms with Crippen LogP contribution >= 0.6 is 0 Å². The second-order valence-electron chi connectivity index (χ2n) is 4.52. The lowest BCUT2D eigenvalue weighted by Gasteiger charge is -2.26. The van der Waals surface area contributed by atoms with Gasteiger partial charge in [0, 0.05) is 7.11 Å². The van der Waals surface area contributed by atoms with E-state index in [0.717, 1.165) is 23.5 Å². The maximum Gasteiger partial charge on any atom is 0.161 e. The lowest BCUT2D eigenvalue weighted by Crippen LogP contribution is -2.30. The summed E-state index contributed by atoms with van der Waals surface area (Å²) in [5, 5.41) is 3.32. The highest BCUT2D eigenvalue weighted by atomic mass is 16.5. The van der Waals surface area contributed by atoms with E-state index in [4.69, 9.17) is 14.2 Å². The van der Waals surface area contributed by atoms with Crippen LogP contribution in [0.2, 0.25) is 0 Å². The summed E-state index contributed by atoms with van der Waals surface area (Å²) in [6, 6.07) is 6.21. The van der Waals surface area contributed by atoms with Gasteiger partial charge in [-0.3, -0.25) is 0 Å². The molecule has 1 rings (SSSR count). The molecule has 20 heavy (non-hydrogen) atoms. The number of methoxy groups -OCH3 is 1. The Balaban J connectivity index is 3.07. The predicted octanol–water partition coefficient (Wildman–Crippen LogP) is 3.17. The number of ether oxygens (including phenoxy) is 3. The standard InChI is InChI=1S/C16H27NO3/c1-6-13(18-5)16(17-4)12-9-10-14(19-7-2)15(11-12)20-8-3/h9-11,13,16-17H,6-8H2,1-5H3. The van der Waals surface area contributed by atoms with Crippen molar-refractivity contribution in [1.29, 1.82) is 0 Å². The number of hydrogen-bond acceptors (Lipinski definition) is 4. The van der Waals surface area contributed by atoms with Crippen molar-refractivity contribution >= 4 is 0 Å². The van der Waals surface area contributed by atoms with Crippen LogP contribution in [0.5, 0.6) is 11.5 Å². The quantitative estimate of drug-likeness (QED) is 0.754. The molecule has 0 radical (unpaired) electrons. The zero-order valence-corrected chi connectivity index (χ0v) is 13.2. The van der Waals surface area contributed by atoms with Crippen LogP contribution in [0.3, 0.4) is 0 Å². The molecule has 0 aliphatic rings. The van der Waals surface area contributed by atoms with Crippen LogP contribution in [0, 0.1) is 0 Å². The van der Waals surface area contributed by atoms with E-state index in [1.165, 1.54) is 0 Å². The van der Waals surface area contributed by atoms with Crippen molar-refractivity contribution in [3.63, 3.8) is 0 Å². The summed E-state index contributed by atoms with van der Waals surface area (Å²) in [5.41, 5.74) is 1.15. The first kappa shape index (κ1) is 16.8. The van der Waals surface area contributed by atoms with Gasteiger partial charge in [0.05, 0.1) is 25.4 Å². The number of rotatable bonds is 9. The molecule has 0 fully saturated rings. The third-order valence-electron chi connectivity index (χ3n) is 3.31. The third kappa shape index (κ3) is 4.12. The van der Waals surface area contributed by atoms with Crippen molar-refractivity contribution in [2.24, 2.45) is 0 Å². The van der Waals surface area contributed by atoms with E-state index in [1.807, 2.05) is 33.0 Å². The average Bonchev–Trinajstić information content (AvgIpc) is 2.47. The first-order valence-corrected chi connectivity index (χ1v) is 7.31. The van der Waals surface area contributed by atoms with Crippen LogP contribution in [0.15, 0.2) is 18.2 Å². The molecule has 0 aliphatic carbocycles. The van der Waals surface area contributed by atoms with E-state index < -0.39 is 0 Å². The van der Waals surface area contributed by atoms with Gasteiger partial charge in [0.2, 0.25) is 0 Å². The van der Waals surface area contributed by atoms with Gasteiger partial charge in [-0.15, -0.1) is 0 Å². The highest BCUT2D eigenvalue weighted by molar-refractivity contribution is 5.44. The molecule has 0 saturated carbocycles. The molecule has 1 aromatic carbocycles. The number of benzene rings is 1. The summed E-state index contributed by atoms with van der Waals surface area (Å²) in [6.45, 7) is 7.32. The van der Waals surface area contributed by atoms with Gasteiger partial charge in [-0.25, -0.2) is 0 Å². The molecule has 0 aliphatic heterocycles. The summed E-state index contributed by atoms with van der Waals surface area (Å²) in [6.07, 6.45) is 1.08. The van der Waals surface area contributed by atoms with Crippen LogP contribution in [0.1, 0.15) is 38.8 Å². The molecular weight excluding hydrogens is 254 g/mol. The summed E-state index contributed by atoms with van der Waals surface area (Å²) < 4.78 is 16.8. The minimum absolute atomic E-state index is 0.132. The maximum atomic E-state index is 5.68. The fourth-order valence-corrected chi connectivity index (χ4v) is 2.37. The summed E-state index contributed by atoms with van der Waals surface area (Å²) in [5.74, 6) is 1.58. The first-order valence-electron chi connectivity index (χ1n) is 7.31. The van der Waals surface area contributed by atoms with E-state index >= 15 is 0 Å². The van der Waals surface area contributed by atoms with Crippen molar-refractivity contribution in [3.8, 4) is 11.5 Å². The molecule has 1 aromatic rings. The Morgan fingerprint density at radius 1 is 1.05 bits per heavy atom. The van der Waals surface area contributed by atoms with Crippen molar-refractivity contribution in [1.82, 2.24) is 5.32 Å². The molecule has 2 atom stereocenters. The molecule has 0 saturated heterocycles. The molecule has 0 heterocycles. The molecule has 0 bridgehead atoms. The van der Waals surface area contributed by atoms with Gasteiger partial charge in [-0.05, 0) is 45.0 Å². The SMILES string of the molecule is CCOc1ccc(C(NC)C(CC)OC)cc1OCC. The lowest BCUT2D eigenvalue weighted by molar-refractivity contribution is 0.0674. The highest BCUT2D eigenvalue weighted by Crippen LogP contribution is 2.32. The first-order chi connectivity index (χ1) is 9.71. The van der Waals surface area contributed by atoms with Crippen LogP contribution in [0.4, 0.5) is 0 Å². The molecule has 1 N–H and O–H groups in total. The Morgan fingerprint density at radius 2 is 1.70 bits per heavy atom. The van der Waals surface area contributed by atoms with Gasteiger partial charge in [-0.2, -0.15) is 0 Å². The van der Waals surface area contributed by atoms with Gasteiger partial charge in [0.25, 0.3) is 0 Å². The van der Waals surface area contributed by atoms with Crippen LogP contribution in [0.25, 0.3) is 0 Å². The second-order valence-corrected chi connectivity index (χ2v) is 4.52. The van der Waals surface area contributed by atoms with Crippen molar-refractivity contribution in [3.05, 3.63) is 23.8 Å². The average molecular weight is 281 g/mol. The fourth-order valence-electron chi connectivity index (χ4n) is 2.37. The van der Waals surface area contributed by atoms with Gasteiger partial charge in [0.15, 0.2) is 11.5 Å². The number of likely N-dealkylation sites (N-methyl/N-ethyl adjacent to an activating group) is 1. The number of nitrogens with one attached hydrogen (secondary N) is 1. The Kier molecular flexibility index (Phi) is 7.41. The summed E-state index contributed by atoms with van der Waals surface area (Å²) >= 11 is 0. The predicted molar refractivity (Wildman–Crippen MR) is 81.7 cm³/mol. The zero-order valence-electron chi connectivity index (χ0n) is 13.2. The van der Waals surface area contributed by atoms with Crippen molar-refractivity contribution in [2.75, 3.05) is 27.4 Å². The Labute approximate surface area is 122 Å². The van der Waals surface area contributed by atoms with Crippen molar-refractivity contribution in [2.45, 2.75) is 39.3 Å². The van der Waals surface area contributed by atoms with Gasteiger partial charge >= 0.3 is 0 Å². The van der Waals surface area contributed by atoms with E-state index in [1.54, 1.807) is 7.11 Å². The monoisotopic (exact) mass is 281 g/mol. The van der Waals surface area contributed by atoms with Crippen LogP contribution < -0.4 is 14.8 Å². The molecule has 0 spiro atoms. The third-order valence-corrected chi connectivity index (χ3v) is 3.31. The van der Waals surface area contributed by atoms with Gasteiger partial charge in [-0.1, -0.05) is 13.0 Å². The van der Waals surface area contributed by atoms with E-state index in [9.17, 15) is 0 Å². The Morgan fingerprint density at radius 3 is 2.20 bits per heavy atom. The summed E-state index contributed by atoms with van der Waals surface area (Å²) in [7, 11) is 3.69. The van der Waals surface area contributed by atoms with Gasteiger partial charge in [0.1, 0.15) is 0 Å². The smallest absolute Gasteiger partial charge is 0.161 e. The topological polar surface area (TPSA) is 39.7 Å². The Hall–Kier alpha value is -1.26. The molecule has 2 unspecified atom stereocenters. The molecule has 0 aromatic heterocycles. The van der Waals surface area contributed by atoms with E-state index in [-0.39, 0.29) is 12.1 Å². The highest BCUT2D eigenvalue weighted by Gasteiger charge is 2.21.